The molecule has 0 saturated carbocycles. The third kappa shape index (κ3) is 3.96. The first kappa shape index (κ1) is 17.9. The lowest BCUT2D eigenvalue weighted by Gasteiger charge is -2.25. The van der Waals surface area contributed by atoms with Crippen LogP contribution in [0.5, 0.6) is 5.75 Å². The lowest BCUT2D eigenvalue weighted by Crippen LogP contribution is -2.18. The van der Waals surface area contributed by atoms with E-state index in [2.05, 4.69) is 11.7 Å². The molecule has 0 unspecified atom stereocenters. The number of ether oxygens (including phenoxy) is 1. The van der Waals surface area contributed by atoms with Crippen LogP contribution in [0.15, 0.2) is 12.1 Å². The zero-order chi connectivity index (χ0) is 16.9. The van der Waals surface area contributed by atoms with Crippen molar-refractivity contribution >= 4 is 11.7 Å². The Labute approximate surface area is 130 Å². The number of unbranched alkanes of at least 4 members (excludes halogenated alkanes) is 2. The van der Waals surface area contributed by atoms with Gasteiger partial charge < -0.3 is 9.84 Å². The van der Waals surface area contributed by atoms with E-state index in [1.54, 1.807) is 0 Å². The molecule has 6 heteroatoms. The Morgan fingerprint density at radius 3 is 2.50 bits per heavy atom. The number of nitro benzene ring substituents is 1. The maximum Gasteiger partial charge on any atom is 0.341 e. The molecule has 0 heterocycles. The smallest absolute Gasteiger partial charge is 0.341 e. The SMILES string of the molecule is CCCCCC(C)(C)c1cc(C(=O)OC)c(O)c([N+](=O)[O-])c1. The first-order valence-electron chi connectivity index (χ1n) is 7.34. The van der Waals surface area contributed by atoms with E-state index in [9.17, 15) is 20.0 Å². The maximum absolute atomic E-state index is 11.7. The molecule has 1 N–H and O–H groups in total. The van der Waals surface area contributed by atoms with Crippen molar-refractivity contribution in [3.8, 4) is 5.75 Å². The van der Waals surface area contributed by atoms with Crippen LogP contribution in [0.25, 0.3) is 0 Å². The fourth-order valence-corrected chi connectivity index (χ4v) is 2.38. The van der Waals surface area contributed by atoms with Gasteiger partial charge in [-0.2, -0.15) is 0 Å². The van der Waals surface area contributed by atoms with Crippen LogP contribution in [-0.4, -0.2) is 23.1 Å². The molecular weight excluding hydrogens is 286 g/mol. The lowest BCUT2D eigenvalue weighted by atomic mass is 9.79. The molecule has 0 amide bonds. The van der Waals surface area contributed by atoms with Crippen LogP contribution >= 0.6 is 0 Å². The molecule has 0 aliphatic heterocycles. The number of carbonyl (C=O) groups is 1. The Bertz CT molecular complexity index is 566. The summed E-state index contributed by atoms with van der Waals surface area (Å²) in [5.41, 5.74) is -0.332. The minimum absolute atomic E-state index is 0.171. The Morgan fingerprint density at radius 2 is 2.00 bits per heavy atom. The quantitative estimate of drug-likeness (QED) is 0.356. The van der Waals surface area contributed by atoms with E-state index in [4.69, 9.17) is 0 Å². The Kier molecular flexibility index (Phi) is 5.91. The number of phenols is 1. The molecule has 0 spiro atoms. The normalized spacial score (nSPS) is 11.3. The number of hydrogen-bond acceptors (Lipinski definition) is 5. The zero-order valence-electron chi connectivity index (χ0n) is 13.5. The van der Waals surface area contributed by atoms with Gasteiger partial charge in [0.15, 0.2) is 0 Å². The number of aromatic hydroxyl groups is 1. The minimum atomic E-state index is -0.785. The predicted molar refractivity (Wildman–Crippen MR) is 83.3 cm³/mol. The van der Waals surface area contributed by atoms with Gasteiger partial charge in [-0.05, 0) is 23.5 Å². The van der Waals surface area contributed by atoms with E-state index >= 15 is 0 Å². The largest absolute Gasteiger partial charge is 0.501 e. The van der Waals surface area contributed by atoms with Crippen LogP contribution in [0.3, 0.4) is 0 Å². The molecule has 0 atom stereocenters. The minimum Gasteiger partial charge on any atom is -0.501 e. The molecule has 0 fully saturated rings. The van der Waals surface area contributed by atoms with E-state index < -0.39 is 22.3 Å². The predicted octanol–water partition coefficient (Wildman–Crippen LogP) is 3.94. The zero-order valence-corrected chi connectivity index (χ0v) is 13.5. The average molecular weight is 309 g/mol. The van der Waals surface area contributed by atoms with E-state index in [0.717, 1.165) is 25.7 Å². The number of methoxy groups -OCH3 is 1. The molecule has 1 aromatic rings. The molecule has 22 heavy (non-hydrogen) atoms. The first-order valence-corrected chi connectivity index (χ1v) is 7.34. The number of hydrogen-bond donors (Lipinski definition) is 1. The molecule has 1 rings (SSSR count). The van der Waals surface area contributed by atoms with Gasteiger partial charge in [-0.3, -0.25) is 10.1 Å². The van der Waals surface area contributed by atoms with Gasteiger partial charge in [0.1, 0.15) is 5.56 Å². The first-order chi connectivity index (χ1) is 10.2. The molecule has 0 saturated heterocycles. The van der Waals surface area contributed by atoms with Crippen molar-refractivity contribution in [2.24, 2.45) is 0 Å². The van der Waals surface area contributed by atoms with Crippen LogP contribution in [0, 0.1) is 10.1 Å². The second kappa shape index (κ2) is 7.24. The van der Waals surface area contributed by atoms with Gasteiger partial charge in [-0.15, -0.1) is 0 Å². The van der Waals surface area contributed by atoms with Gasteiger partial charge in [-0.1, -0.05) is 40.0 Å². The van der Waals surface area contributed by atoms with Gasteiger partial charge in [0.05, 0.1) is 12.0 Å². The van der Waals surface area contributed by atoms with Crippen LogP contribution < -0.4 is 0 Å². The van der Waals surface area contributed by atoms with Crippen molar-refractivity contribution in [2.45, 2.75) is 51.9 Å². The summed E-state index contributed by atoms with van der Waals surface area (Å²) in [6, 6.07) is 2.83. The van der Waals surface area contributed by atoms with Crippen LogP contribution in [0.2, 0.25) is 0 Å². The molecule has 122 valence electrons. The monoisotopic (exact) mass is 309 g/mol. The summed E-state index contributed by atoms with van der Waals surface area (Å²) in [5.74, 6) is -1.43. The van der Waals surface area contributed by atoms with E-state index in [0.29, 0.717) is 5.56 Å². The molecular formula is C16H23NO5. The summed E-state index contributed by atoms with van der Waals surface area (Å²) in [6.45, 7) is 6.05. The number of phenolic OH excluding ortho intramolecular Hbond substituents is 1. The number of esters is 1. The van der Waals surface area contributed by atoms with Crippen LogP contribution in [0.1, 0.15) is 62.4 Å². The number of nitro groups is 1. The maximum atomic E-state index is 11.7. The summed E-state index contributed by atoms with van der Waals surface area (Å²) >= 11 is 0. The highest BCUT2D eigenvalue weighted by Gasteiger charge is 2.29. The van der Waals surface area contributed by atoms with Gasteiger partial charge in [-0.25, -0.2) is 4.79 Å². The summed E-state index contributed by atoms with van der Waals surface area (Å²) in [5, 5.41) is 21.0. The summed E-state index contributed by atoms with van der Waals surface area (Å²) < 4.78 is 4.60. The van der Waals surface area contributed by atoms with Gasteiger partial charge in [0.25, 0.3) is 0 Å². The Morgan fingerprint density at radius 1 is 1.36 bits per heavy atom. The van der Waals surface area contributed by atoms with Crippen molar-refractivity contribution in [3.05, 3.63) is 33.4 Å². The van der Waals surface area contributed by atoms with Crippen molar-refractivity contribution < 1.29 is 19.6 Å². The van der Waals surface area contributed by atoms with E-state index in [1.807, 2.05) is 13.8 Å². The summed E-state index contributed by atoms with van der Waals surface area (Å²) in [7, 11) is 1.17. The molecule has 1 aromatic carbocycles. The Hall–Kier alpha value is -2.11. The van der Waals surface area contributed by atoms with Gasteiger partial charge in [0, 0.05) is 6.07 Å². The molecule has 0 radical (unpaired) electrons. The third-order valence-corrected chi connectivity index (χ3v) is 3.88. The van der Waals surface area contributed by atoms with Crippen molar-refractivity contribution in [1.29, 1.82) is 0 Å². The number of carbonyl (C=O) groups excluding carboxylic acids is 1. The number of benzene rings is 1. The highest BCUT2D eigenvalue weighted by Crippen LogP contribution is 2.38. The molecule has 0 aromatic heterocycles. The second-order valence-corrected chi connectivity index (χ2v) is 5.98. The topological polar surface area (TPSA) is 89.7 Å². The number of rotatable bonds is 7. The standard InChI is InChI=1S/C16H23NO5/c1-5-6-7-8-16(2,3)11-9-12(15(19)22-4)14(18)13(10-11)17(20)21/h9-10,18H,5-8H2,1-4H3. The molecule has 0 aliphatic rings. The van der Waals surface area contributed by atoms with E-state index in [-0.39, 0.29) is 11.0 Å². The van der Waals surface area contributed by atoms with Crippen molar-refractivity contribution in [3.63, 3.8) is 0 Å². The molecule has 0 aliphatic carbocycles. The lowest BCUT2D eigenvalue weighted by molar-refractivity contribution is -0.386. The fraction of sp³-hybridized carbons (Fsp3) is 0.562. The highest BCUT2D eigenvalue weighted by molar-refractivity contribution is 5.94. The van der Waals surface area contributed by atoms with E-state index in [1.165, 1.54) is 19.2 Å². The highest BCUT2D eigenvalue weighted by atomic mass is 16.6. The average Bonchev–Trinajstić information content (AvgIpc) is 2.46. The van der Waals surface area contributed by atoms with Crippen molar-refractivity contribution in [1.82, 2.24) is 0 Å². The second-order valence-electron chi connectivity index (χ2n) is 5.98. The number of nitrogens with zero attached hydrogens (tertiary/aromatic N) is 1. The Balaban J connectivity index is 3.33. The van der Waals surface area contributed by atoms with Gasteiger partial charge in [0.2, 0.25) is 5.75 Å². The van der Waals surface area contributed by atoms with Crippen LogP contribution in [0.4, 0.5) is 5.69 Å². The van der Waals surface area contributed by atoms with Crippen LogP contribution in [-0.2, 0) is 10.2 Å². The fourth-order valence-electron chi connectivity index (χ4n) is 2.38. The molecule has 0 bridgehead atoms. The summed E-state index contributed by atoms with van der Waals surface area (Å²) in [6.07, 6.45) is 3.99. The molecule has 6 nitrogen and oxygen atoms in total. The third-order valence-electron chi connectivity index (χ3n) is 3.88. The van der Waals surface area contributed by atoms with Crippen molar-refractivity contribution in [2.75, 3.05) is 7.11 Å². The van der Waals surface area contributed by atoms with Gasteiger partial charge >= 0.3 is 11.7 Å². The summed E-state index contributed by atoms with van der Waals surface area (Å²) in [4.78, 5) is 22.2.